The molecule has 0 radical (unpaired) electrons. The minimum atomic E-state index is -0.535. The standard InChI is InChI=1S/C18H19N3O2S/c1-14(23-15-6-3-2-4-7-15)18(22)19-10-12-21-11-9-16(20-21)17-8-5-13-24-17/h2-9,11,13-14H,10,12H2,1H3,(H,19,22). The van der Waals surface area contributed by atoms with E-state index >= 15 is 0 Å². The predicted octanol–water partition coefficient (Wildman–Crippen LogP) is 3.20. The number of carbonyl (C=O) groups is 1. The summed E-state index contributed by atoms with van der Waals surface area (Å²) in [6, 6.07) is 15.4. The molecule has 0 aliphatic heterocycles. The first-order valence-electron chi connectivity index (χ1n) is 7.79. The van der Waals surface area contributed by atoms with Crippen LogP contribution in [0.1, 0.15) is 6.92 Å². The highest BCUT2D eigenvalue weighted by Gasteiger charge is 2.13. The summed E-state index contributed by atoms with van der Waals surface area (Å²) in [5.41, 5.74) is 0.956. The van der Waals surface area contributed by atoms with E-state index in [0.29, 0.717) is 18.8 Å². The number of aromatic nitrogens is 2. The number of carbonyl (C=O) groups excluding carboxylic acids is 1. The molecule has 1 atom stereocenters. The van der Waals surface area contributed by atoms with E-state index in [1.54, 1.807) is 18.3 Å². The molecule has 1 amide bonds. The summed E-state index contributed by atoms with van der Waals surface area (Å²) in [6.45, 7) is 2.87. The van der Waals surface area contributed by atoms with Gasteiger partial charge in [0, 0.05) is 12.7 Å². The van der Waals surface area contributed by atoms with Gasteiger partial charge in [-0.15, -0.1) is 11.3 Å². The number of nitrogens with zero attached hydrogens (tertiary/aromatic N) is 2. The lowest BCUT2D eigenvalue weighted by Crippen LogP contribution is -2.37. The first kappa shape index (κ1) is 16.3. The van der Waals surface area contributed by atoms with E-state index in [2.05, 4.69) is 10.4 Å². The minimum Gasteiger partial charge on any atom is -0.481 e. The smallest absolute Gasteiger partial charge is 0.260 e. The first-order chi connectivity index (χ1) is 11.7. The van der Waals surface area contributed by atoms with E-state index in [1.807, 2.05) is 64.8 Å². The number of ether oxygens (including phenoxy) is 1. The zero-order chi connectivity index (χ0) is 16.8. The summed E-state index contributed by atoms with van der Waals surface area (Å²) in [6.07, 6.45) is 1.39. The van der Waals surface area contributed by atoms with Gasteiger partial charge in [-0.3, -0.25) is 9.48 Å². The molecule has 0 fully saturated rings. The number of amides is 1. The molecule has 0 aliphatic carbocycles. The Kier molecular flexibility index (Phi) is 5.28. The molecule has 124 valence electrons. The molecule has 0 saturated carbocycles. The zero-order valence-electron chi connectivity index (χ0n) is 13.4. The van der Waals surface area contributed by atoms with Crippen LogP contribution in [0, 0.1) is 0 Å². The van der Waals surface area contributed by atoms with Crippen molar-refractivity contribution in [2.45, 2.75) is 19.6 Å². The molecule has 3 aromatic rings. The number of nitrogens with one attached hydrogen (secondary N) is 1. The SMILES string of the molecule is CC(Oc1ccccc1)C(=O)NCCn1ccc(-c2cccs2)n1. The maximum absolute atomic E-state index is 12.1. The van der Waals surface area contributed by atoms with Gasteiger partial charge in [0.2, 0.25) is 0 Å². The fraction of sp³-hybridized carbons (Fsp3) is 0.222. The summed E-state index contributed by atoms with van der Waals surface area (Å²) in [5, 5.41) is 9.41. The Morgan fingerprint density at radius 2 is 2.08 bits per heavy atom. The number of rotatable bonds is 7. The monoisotopic (exact) mass is 341 g/mol. The van der Waals surface area contributed by atoms with Crippen molar-refractivity contribution in [3.05, 3.63) is 60.1 Å². The Morgan fingerprint density at radius 1 is 1.25 bits per heavy atom. The van der Waals surface area contributed by atoms with E-state index < -0.39 is 6.10 Å². The Hall–Kier alpha value is -2.60. The molecule has 1 unspecified atom stereocenters. The second-order valence-electron chi connectivity index (χ2n) is 5.31. The van der Waals surface area contributed by atoms with E-state index in [1.165, 1.54) is 0 Å². The van der Waals surface area contributed by atoms with Crippen molar-refractivity contribution in [1.82, 2.24) is 15.1 Å². The third-order valence-corrected chi connectivity index (χ3v) is 4.37. The molecule has 3 rings (SSSR count). The molecular formula is C18H19N3O2S. The van der Waals surface area contributed by atoms with Gasteiger partial charge in [0.1, 0.15) is 11.4 Å². The maximum Gasteiger partial charge on any atom is 0.260 e. The van der Waals surface area contributed by atoms with Crippen molar-refractivity contribution >= 4 is 17.2 Å². The molecule has 1 N–H and O–H groups in total. The van der Waals surface area contributed by atoms with Crippen LogP contribution in [-0.2, 0) is 11.3 Å². The number of para-hydroxylation sites is 1. The van der Waals surface area contributed by atoms with Gasteiger partial charge in [0.15, 0.2) is 6.10 Å². The van der Waals surface area contributed by atoms with E-state index in [0.717, 1.165) is 10.6 Å². The van der Waals surface area contributed by atoms with Crippen LogP contribution in [0.4, 0.5) is 0 Å². The quantitative estimate of drug-likeness (QED) is 0.718. The molecule has 2 aromatic heterocycles. The van der Waals surface area contributed by atoms with Gasteiger partial charge >= 0.3 is 0 Å². The van der Waals surface area contributed by atoms with Crippen LogP contribution in [0.5, 0.6) is 5.75 Å². The van der Waals surface area contributed by atoms with Gasteiger partial charge in [0.05, 0.1) is 11.4 Å². The molecule has 0 spiro atoms. The van der Waals surface area contributed by atoms with Gasteiger partial charge in [0.25, 0.3) is 5.91 Å². The highest BCUT2D eigenvalue weighted by molar-refractivity contribution is 7.13. The summed E-state index contributed by atoms with van der Waals surface area (Å²) in [5.74, 6) is 0.553. The van der Waals surface area contributed by atoms with Gasteiger partial charge in [-0.2, -0.15) is 5.10 Å². The Balaban J connectivity index is 1.45. The summed E-state index contributed by atoms with van der Waals surface area (Å²) >= 11 is 1.66. The molecule has 1 aromatic carbocycles. The average molecular weight is 341 g/mol. The highest BCUT2D eigenvalue weighted by atomic mass is 32.1. The van der Waals surface area contributed by atoms with Crippen LogP contribution in [-0.4, -0.2) is 28.3 Å². The lowest BCUT2D eigenvalue weighted by molar-refractivity contribution is -0.127. The normalized spacial score (nSPS) is 11.9. The molecule has 0 aliphatic rings. The van der Waals surface area contributed by atoms with Crippen LogP contribution in [0.25, 0.3) is 10.6 Å². The van der Waals surface area contributed by atoms with Gasteiger partial charge < -0.3 is 10.1 Å². The van der Waals surface area contributed by atoms with Crippen molar-refractivity contribution in [2.24, 2.45) is 0 Å². The topological polar surface area (TPSA) is 56.1 Å². The zero-order valence-corrected chi connectivity index (χ0v) is 14.2. The number of benzene rings is 1. The third-order valence-electron chi connectivity index (χ3n) is 3.48. The van der Waals surface area contributed by atoms with E-state index in [4.69, 9.17) is 4.74 Å². The Bertz CT molecular complexity index is 769. The maximum atomic E-state index is 12.1. The molecule has 2 heterocycles. The first-order valence-corrected chi connectivity index (χ1v) is 8.67. The minimum absolute atomic E-state index is 0.135. The second-order valence-corrected chi connectivity index (χ2v) is 6.25. The number of hydrogen-bond donors (Lipinski definition) is 1. The Morgan fingerprint density at radius 3 is 2.83 bits per heavy atom. The van der Waals surface area contributed by atoms with Crippen LogP contribution < -0.4 is 10.1 Å². The average Bonchev–Trinajstić information content (AvgIpc) is 3.27. The van der Waals surface area contributed by atoms with Crippen molar-refractivity contribution in [3.63, 3.8) is 0 Å². The predicted molar refractivity (Wildman–Crippen MR) is 95.1 cm³/mol. The van der Waals surface area contributed by atoms with Crippen molar-refractivity contribution in [2.75, 3.05) is 6.54 Å². The summed E-state index contributed by atoms with van der Waals surface area (Å²) in [4.78, 5) is 13.2. The van der Waals surface area contributed by atoms with E-state index in [9.17, 15) is 4.79 Å². The Labute approximate surface area is 144 Å². The summed E-state index contributed by atoms with van der Waals surface area (Å²) < 4.78 is 7.43. The number of thiophene rings is 1. The van der Waals surface area contributed by atoms with Gasteiger partial charge in [-0.25, -0.2) is 0 Å². The molecule has 0 saturated heterocycles. The van der Waals surface area contributed by atoms with Crippen LogP contribution in [0.3, 0.4) is 0 Å². The van der Waals surface area contributed by atoms with Crippen LogP contribution in [0.2, 0.25) is 0 Å². The van der Waals surface area contributed by atoms with Crippen molar-refractivity contribution in [3.8, 4) is 16.3 Å². The summed E-state index contributed by atoms with van der Waals surface area (Å²) in [7, 11) is 0. The van der Waals surface area contributed by atoms with Gasteiger partial charge in [-0.1, -0.05) is 24.3 Å². The largest absolute Gasteiger partial charge is 0.481 e. The lowest BCUT2D eigenvalue weighted by Gasteiger charge is -2.14. The lowest BCUT2D eigenvalue weighted by atomic mass is 10.3. The highest BCUT2D eigenvalue weighted by Crippen LogP contribution is 2.22. The molecule has 6 heteroatoms. The fourth-order valence-corrected chi connectivity index (χ4v) is 2.93. The number of hydrogen-bond acceptors (Lipinski definition) is 4. The van der Waals surface area contributed by atoms with Crippen LogP contribution in [0.15, 0.2) is 60.1 Å². The molecular weight excluding hydrogens is 322 g/mol. The van der Waals surface area contributed by atoms with Crippen molar-refractivity contribution in [1.29, 1.82) is 0 Å². The molecule has 24 heavy (non-hydrogen) atoms. The second kappa shape index (κ2) is 7.79. The van der Waals surface area contributed by atoms with Crippen LogP contribution >= 0.6 is 11.3 Å². The third kappa shape index (κ3) is 4.23. The fourth-order valence-electron chi connectivity index (χ4n) is 2.24. The molecule has 5 nitrogen and oxygen atoms in total. The van der Waals surface area contributed by atoms with Crippen molar-refractivity contribution < 1.29 is 9.53 Å². The van der Waals surface area contributed by atoms with Gasteiger partial charge in [-0.05, 0) is 36.6 Å². The molecule has 0 bridgehead atoms. The van der Waals surface area contributed by atoms with E-state index in [-0.39, 0.29) is 5.91 Å².